The smallest absolute Gasteiger partial charge is 0.335 e. The molecule has 1 aliphatic rings. The lowest BCUT2D eigenvalue weighted by molar-refractivity contribution is -0.163. The molecule has 0 bridgehead atoms. The van der Waals surface area contributed by atoms with Gasteiger partial charge in [0.2, 0.25) is 0 Å². The topological polar surface area (TPSA) is 57.5 Å². The van der Waals surface area contributed by atoms with Crippen molar-refractivity contribution in [1.29, 1.82) is 0 Å². The molecule has 1 fully saturated rings. The van der Waals surface area contributed by atoms with Crippen molar-refractivity contribution in [3.63, 3.8) is 0 Å². The van der Waals surface area contributed by atoms with Crippen LogP contribution in [0.2, 0.25) is 0 Å². The zero-order valence-corrected chi connectivity index (χ0v) is 7.42. The van der Waals surface area contributed by atoms with Gasteiger partial charge in [0.15, 0.2) is 23.0 Å². The van der Waals surface area contributed by atoms with E-state index in [2.05, 4.69) is 0 Å². The van der Waals surface area contributed by atoms with Gasteiger partial charge >= 0.3 is 5.97 Å². The van der Waals surface area contributed by atoms with E-state index in [0.717, 1.165) is 25.7 Å². The second-order valence-corrected chi connectivity index (χ2v) is 3.79. The molecule has 0 amide bonds. The molecule has 0 spiro atoms. The summed E-state index contributed by atoms with van der Waals surface area (Å²) in [6.45, 7) is 1.41. The first-order valence-corrected chi connectivity index (χ1v) is 4.51. The fraction of sp³-hybridized carbons (Fsp3) is 0.889. The first-order chi connectivity index (χ1) is 5.55. The largest absolute Gasteiger partial charge is 0.479 e. The third-order valence-electron chi connectivity index (χ3n) is 2.83. The number of rotatable bonds is 2. The highest BCUT2D eigenvalue weighted by Crippen LogP contribution is 2.32. The van der Waals surface area contributed by atoms with E-state index in [1.54, 1.807) is 0 Å². The maximum Gasteiger partial charge on any atom is 0.335 e. The molecule has 0 radical (unpaired) electrons. The predicted molar refractivity (Wildman–Crippen MR) is 54.8 cm³/mol. The van der Waals surface area contributed by atoms with E-state index < -0.39 is 11.6 Å². The summed E-state index contributed by atoms with van der Waals surface area (Å²) in [5, 5.41) is 18.4. The minimum atomic E-state index is -1.51. The van der Waals surface area contributed by atoms with Gasteiger partial charge in [-0.25, -0.2) is 4.79 Å². The molecule has 0 aliphatic heterocycles. The number of carboxylic acids is 1. The number of aliphatic carboxylic acids is 1. The minimum absolute atomic E-state index is 0. The van der Waals surface area contributed by atoms with Crippen molar-refractivity contribution in [2.75, 3.05) is 0 Å². The van der Waals surface area contributed by atoms with Crippen molar-refractivity contribution in [1.82, 2.24) is 0 Å². The zero-order chi connectivity index (χ0) is 9.19. The summed E-state index contributed by atoms with van der Waals surface area (Å²) in [5.74, 6) is -1.14. The molecule has 1 unspecified atom stereocenters. The lowest BCUT2D eigenvalue weighted by atomic mass is 9.78. The number of hydrogen-bond donors (Lipinski definition) is 2. The van der Waals surface area contributed by atoms with Crippen molar-refractivity contribution in [2.24, 2.45) is 5.92 Å². The summed E-state index contributed by atoms with van der Waals surface area (Å²) in [6.07, 6.45) is 4.97. The molecule has 0 saturated heterocycles. The Morgan fingerprint density at radius 2 is 1.77 bits per heavy atom. The monoisotopic (exact) mass is 202 g/mol. The average Bonchev–Trinajstić information content (AvgIpc) is 2.06. The van der Waals surface area contributed by atoms with Crippen LogP contribution in [0.1, 0.15) is 39.0 Å². The van der Waals surface area contributed by atoms with E-state index in [0.29, 0.717) is 0 Å². The van der Waals surface area contributed by atoms with Gasteiger partial charge in [-0.15, -0.1) is 0 Å². The van der Waals surface area contributed by atoms with Crippen molar-refractivity contribution in [3.8, 4) is 0 Å². The van der Waals surface area contributed by atoms with E-state index in [1.807, 2.05) is 0 Å². The van der Waals surface area contributed by atoms with Gasteiger partial charge in [-0.1, -0.05) is 19.3 Å². The quantitative estimate of drug-likeness (QED) is 0.630. The molecule has 76 valence electrons. The van der Waals surface area contributed by atoms with E-state index >= 15 is 0 Å². The Morgan fingerprint density at radius 1 is 1.31 bits per heavy atom. The van der Waals surface area contributed by atoms with Gasteiger partial charge in [0.05, 0.1) is 0 Å². The number of aliphatic hydroxyl groups is 1. The van der Waals surface area contributed by atoms with Crippen LogP contribution in [0.4, 0.5) is 0 Å². The van der Waals surface area contributed by atoms with Gasteiger partial charge in [0, 0.05) is 0 Å². The van der Waals surface area contributed by atoms with Gasteiger partial charge < -0.3 is 10.2 Å². The van der Waals surface area contributed by atoms with Gasteiger partial charge in [-0.3, -0.25) is 0 Å². The van der Waals surface area contributed by atoms with Crippen LogP contribution >= 0.6 is 0 Å². The van der Waals surface area contributed by atoms with Crippen LogP contribution in [0.5, 0.6) is 0 Å². The molecule has 0 aromatic carbocycles. The summed E-state index contributed by atoms with van der Waals surface area (Å²) in [4.78, 5) is 10.7. The third-order valence-corrected chi connectivity index (χ3v) is 2.83. The van der Waals surface area contributed by atoms with Crippen LogP contribution in [0.15, 0.2) is 0 Å². The van der Waals surface area contributed by atoms with Crippen LogP contribution in [0, 0.1) is 5.92 Å². The maximum absolute atomic E-state index is 10.7. The van der Waals surface area contributed by atoms with Crippen molar-refractivity contribution in [2.45, 2.75) is 44.6 Å². The van der Waals surface area contributed by atoms with Crippen LogP contribution < -0.4 is 0 Å². The maximum atomic E-state index is 10.7. The highest BCUT2D eigenvalue weighted by Gasteiger charge is 2.39. The zero-order valence-electron chi connectivity index (χ0n) is 7.42. The molecular weight excluding hydrogens is 183 g/mol. The molecule has 1 rings (SSSR count). The minimum Gasteiger partial charge on any atom is -0.479 e. The van der Waals surface area contributed by atoms with Crippen molar-refractivity contribution >= 4 is 23.3 Å². The number of hydrogen-bond acceptors (Lipinski definition) is 2. The molecule has 1 atom stereocenters. The van der Waals surface area contributed by atoms with Gasteiger partial charge in [-0.05, 0) is 25.7 Å². The van der Waals surface area contributed by atoms with Gasteiger partial charge in [0.1, 0.15) is 0 Å². The SMILES string of the molecule is CC(O)(C(=O)O)C1CCCCC1.[AlH3]. The Morgan fingerprint density at radius 3 is 2.15 bits per heavy atom. The molecule has 0 aromatic heterocycles. The summed E-state index contributed by atoms with van der Waals surface area (Å²) in [6, 6.07) is 0. The van der Waals surface area contributed by atoms with Crippen molar-refractivity contribution < 1.29 is 15.0 Å². The second-order valence-electron chi connectivity index (χ2n) is 3.79. The van der Waals surface area contributed by atoms with E-state index in [-0.39, 0.29) is 23.3 Å². The molecular formula is C9H19AlO3. The molecule has 13 heavy (non-hydrogen) atoms. The van der Waals surface area contributed by atoms with E-state index in [4.69, 9.17) is 5.11 Å². The fourth-order valence-corrected chi connectivity index (χ4v) is 1.84. The summed E-state index contributed by atoms with van der Waals surface area (Å²) in [7, 11) is 0. The fourth-order valence-electron chi connectivity index (χ4n) is 1.84. The lowest BCUT2D eigenvalue weighted by Crippen LogP contribution is -2.43. The standard InChI is InChI=1S/C9H16O3.Al.3H/c1-9(12,8(10)11)7-5-3-2-4-6-7;;;;/h7,12H,2-6H2,1H3,(H,10,11);;;;. The number of carboxylic acid groups (broad SMARTS) is 1. The Balaban J connectivity index is 0.00000144. The van der Waals surface area contributed by atoms with Crippen LogP contribution in [0.25, 0.3) is 0 Å². The van der Waals surface area contributed by atoms with Gasteiger partial charge in [-0.2, -0.15) is 0 Å². The first-order valence-electron chi connectivity index (χ1n) is 4.51. The molecule has 0 aromatic rings. The summed E-state index contributed by atoms with van der Waals surface area (Å²) < 4.78 is 0. The molecule has 1 saturated carbocycles. The molecule has 1 aliphatic carbocycles. The van der Waals surface area contributed by atoms with E-state index in [1.165, 1.54) is 13.3 Å². The summed E-state index contributed by atoms with van der Waals surface area (Å²) >= 11 is 0. The van der Waals surface area contributed by atoms with E-state index in [9.17, 15) is 9.90 Å². The highest BCUT2D eigenvalue weighted by atomic mass is 27.0. The molecule has 0 heterocycles. The Labute approximate surface area is 89.3 Å². The second kappa shape index (κ2) is 5.00. The first kappa shape index (κ1) is 13.0. The normalized spacial score (nSPS) is 22.9. The average molecular weight is 202 g/mol. The molecule has 2 N–H and O–H groups in total. The Hall–Kier alpha value is -0.0375. The van der Waals surface area contributed by atoms with Crippen LogP contribution in [-0.2, 0) is 4.79 Å². The van der Waals surface area contributed by atoms with Crippen LogP contribution in [0.3, 0.4) is 0 Å². The van der Waals surface area contributed by atoms with Crippen LogP contribution in [-0.4, -0.2) is 39.1 Å². The highest BCUT2D eigenvalue weighted by molar-refractivity contribution is 5.76. The Bertz CT molecular complexity index is 174. The molecule has 3 nitrogen and oxygen atoms in total. The lowest BCUT2D eigenvalue weighted by Gasteiger charge is -2.31. The third kappa shape index (κ3) is 2.98. The Kier molecular flexibility index (Phi) is 4.98. The molecule has 4 heteroatoms. The van der Waals surface area contributed by atoms with Gasteiger partial charge in [0.25, 0.3) is 0 Å². The van der Waals surface area contributed by atoms with Crippen molar-refractivity contribution in [3.05, 3.63) is 0 Å². The summed E-state index contributed by atoms with van der Waals surface area (Å²) in [5.41, 5.74) is -1.51. The number of carbonyl (C=O) groups is 1. The predicted octanol–water partition coefficient (Wildman–Crippen LogP) is 0.218.